The molecule has 1 unspecified atom stereocenters. The molecular formula is C26H26ClFN6O2. The fourth-order valence-corrected chi connectivity index (χ4v) is 5.70. The monoisotopic (exact) mass is 508 g/mol. The van der Waals surface area contributed by atoms with Crippen molar-refractivity contribution in [1.82, 2.24) is 25.1 Å². The van der Waals surface area contributed by atoms with E-state index in [1.54, 1.807) is 30.3 Å². The SMILES string of the molecule is O=c1c(C(c2nnnn2C2CCCC2)N2CCN(c3ccccc3F)CC2)coc2ccc(Cl)cc12. The lowest BCUT2D eigenvalue weighted by Gasteiger charge is -2.39. The summed E-state index contributed by atoms with van der Waals surface area (Å²) >= 11 is 6.21. The van der Waals surface area contributed by atoms with Crippen LogP contribution in [0, 0.1) is 5.82 Å². The molecule has 2 fully saturated rings. The summed E-state index contributed by atoms with van der Waals surface area (Å²) in [5.74, 6) is 0.398. The van der Waals surface area contributed by atoms with Crippen molar-refractivity contribution in [2.45, 2.75) is 37.8 Å². The molecule has 2 aromatic heterocycles. The normalized spacial score (nSPS) is 18.2. The number of aromatic nitrogens is 4. The molecule has 1 atom stereocenters. The standard InChI is InChI=1S/C26H26ClFN6O2/c27-17-9-10-23-19(15-17)25(35)20(16-36-23)24(26-29-30-31-34(26)18-5-1-2-6-18)33-13-11-32(12-14-33)22-8-4-3-7-21(22)28/h3-4,7-10,15-16,18,24H,1-2,5-6,11-14H2. The van der Waals surface area contributed by atoms with Crippen LogP contribution in [-0.4, -0.2) is 51.3 Å². The number of halogens is 2. The Hall–Kier alpha value is -3.30. The first kappa shape index (κ1) is 23.1. The second kappa shape index (κ2) is 9.63. The largest absolute Gasteiger partial charge is 0.464 e. The Kier molecular flexibility index (Phi) is 6.18. The molecule has 4 aromatic rings. The molecule has 186 valence electrons. The van der Waals surface area contributed by atoms with Gasteiger partial charge in [0.25, 0.3) is 0 Å². The van der Waals surface area contributed by atoms with Gasteiger partial charge in [-0.2, -0.15) is 0 Å². The number of fused-ring (bicyclic) bond motifs is 1. The third-order valence-electron chi connectivity index (χ3n) is 7.36. The second-order valence-corrected chi connectivity index (χ2v) is 9.89. The number of tetrazole rings is 1. The van der Waals surface area contributed by atoms with Gasteiger partial charge in [-0.15, -0.1) is 5.10 Å². The molecule has 0 amide bonds. The van der Waals surface area contributed by atoms with Crippen molar-refractivity contribution >= 4 is 28.3 Å². The van der Waals surface area contributed by atoms with Crippen LogP contribution in [0.1, 0.15) is 49.2 Å². The molecular weight excluding hydrogens is 483 g/mol. The Labute approximate surface area is 212 Å². The van der Waals surface area contributed by atoms with Crippen LogP contribution < -0.4 is 10.3 Å². The summed E-state index contributed by atoms with van der Waals surface area (Å²) in [5, 5.41) is 13.7. The minimum Gasteiger partial charge on any atom is -0.464 e. The van der Waals surface area contributed by atoms with E-state index in [4.69, 9.17) is 16.0 Å². The van der Waals surface area contributed by atoms with E-state index in [1.165, 1.54) is 12.3 Å². The number of hydrogen-bond acceptors (Lipinski definition) is 7. The summed E-state index contributed by atoms with van der Waals surface area (Å²) < 4.78 is 22.2. The molecule has 8 nitrogen and oxygen atoms in total. The van der Waals surface area contributed by atoms with Gasteiger partial charge in [0.2, 0.25) is 0 Å². The maximum Gasteiger partial charge on any atom is 0.197 e. The fourth-order valence-electron chi connectivity index (χ4n) is 5.52. The van der Waals surface area contributed by atoms with Gasteiger partial charge in [-0.1, -0.05) is 36.6 Å². The lowest BCUT2D eigenvalue weighted by atomic mass is 10.0. The summed E-state index contributed by atoms with van der Waals surface area (Å²) in [6.07, 6.45) is 5.81. The van der Waals surface area contributed by atoms with Crippen molar-refractivity contribution in [2.24, 2.45) is 0 Å². The van der Waals surface area contributed by atoms with E-state index >= 15 is 0 Å². The molecule has 1 saturated carbocycles. The highest BCUT2D eigenvalue weighted by molar-refractivity contribution is 6.31. The van der Waals surface area contributed by atoms with Crippen molar-refractivity contribution in [3.05, 3.63) is 81.2 Å². The van der Waals surface area contributed by atoms with Crippen LogP contribution in [0.5, 0.6) is 0 Å². The maximum atomic E-state index is 14.4. The minimum absolute atomic E-state index is 0.152. The first-order valence-corrected chi connectivity index (χ1v) is 12.7. The van der Waals surface area contributed by atoms with E-state index < -0.39 is 6.04 Å². The number of anilines is 1. The van der Waals surface area contributed by atoms with E-state index in [1.807, 2.05) is 15.6 Å². The van der Waals surface area contributed by atoms with Gasteiger partial charge in [-0.25, -0.2) is 9.07 Å². The van der Waals surface area contributed by atoms with E-state index in [0.717, 1.165) is 25.7 Å². The molecule has 0 spiro atoms. The van der Waals surface area contributed by atoms with Crippen LogP contribution in [0.25, 0.3) is 11.0 Å². The van der Waals surface area contributed by atoms with Crippen LogP contribution in [0.3, 0.4) is 0 Å². The lowest BCUT2D eigenvalue weighted by Crippen LogP contribution is -2.49. The highest BCUT2D eigenvalue weighted by Crippen LogP contribution is 2.34. The van der Waals surface area contributed by atoms with Crippen LogP contribution in [0.2, 0.25) is 5.02 Å². The minimum atomic E-state index is -0.497. The highest BCUT2D eigenvalue weighted by atomic mass is 35.5. The first-order chi connectivity index (χ1) is 17.6. The zero-order valence-electron chi connectivity index (χ0n) is 19.7. The molecule has 1 saturated heterocycles. The van der Waals surface area contributed by atoms with Crippen molar-refractivity contribution < 1.29 is 8.81 Å². The quantitative estimate of drug-likeness (QED) is 0.390. The molecule has 0 bridgehead atoms. The fraction of sp³-hybridized carbons (Fsp3) is 0.385. The van der Waals surface area contributed by atoms with Gasteiger partial charge in [-0.05, 0) is 53.6 Å². The summed E-state index contributed by atoms with van der Waals surface area (Å²) in [4.78, 5) is 18.0. The van der Waals surface area contributed by atoms with Crippen molar-refractivity contribution in [1.29, 1.82) is 0 Å². The summed E-state index contributed by atoms with van der Waals surface area (Å²) in [6, 6.07) is 11.6. The smallest absolute Gasteiger partial charge is 0.197 e. The third-order valence-corrected chi connectivity index (χ3v) is 7.60. The van der Waals surface area contributed by atoms with Gasteiger partial charge in [0.15, 0.2) is 11.3 Å². The van der Waals surface area contributed by atoms with Crippen LogP contribution in [-0.2, 0) is 0 Å². The number of para-hydroxylation sites is 1. The lowest BCUT2D eigenvalue weighted by molar-refractivity contribution is 0.195. The predicted molar refractivity (Wildman–Crippen MR) is 135 cm³/mol. The summed E-state index contributed by atoms with van der Waals surface area (Å²) in [6.45, 7) is 2.41. The zero-order valence-corrected chi connectivity index (χ0v) is 20.4. The molecule has 10 heteroatoms. The number of hydrogen-bond donors (Lipinski definition) is 0. The van der Waals surface area contributed by atoms with Gasteiger partial charge in [0.1, 0.15) is 23.7 Å². The molecule has 2 aromatic carbocycles. The molecule has 2 aliphatic rings. The van der Waals surface area contributed by atoms with Crippen molar-refractivity contribution in [3.63, 3.8) is 0 Å². The van der Waals surface area contributed by atoms with Gasteiger partial charge < -0.3 is 9.32 Å². The molecule has 0 radical (unpaired) electrons. The Morgan fingerprint density at radius 3 is 2.61 bits per heavy atom. The zero-order chi connectivity index (χ0) is 24.6. The Morgan fingerprint density at radius 1 is 1.06 bits per heavy atom. The average Bonchev–Trinajstić information content (AvgIpc) is 3.59. The van der Waals surface area contributed by atoms with Crippen molar-refractivity contribution in [3.8, 4) is 0 Å². The summed E-state index contributed by atoms with van der Waals surface area (Å²) in [7, 11) is 0. The molecule has 6 rings (SSSR count). The van der Waals surface area contributed by atoms with E-state index in [9.17, 15) is 9.18 Å². The number of benzene rings is 2. The Bertz CT molecular complexity index is 1440. The number of rotatable bonds is 5. The third kappa shape index (κ3) is 4.16. The van der Waals surface area contributed by atoms with Crippen LogP contribution in [0.15, 0.2) is 57.9 Å². The number of nitrogens with zero attached hydrogens (tertiary/aromatic N) is 6. The van der Waals surface area contributed by atoms with Crippen LogP contribution in [0.4, 0.5) is 10.1 Å². The first-order valence-electron chi connectivity index (χ1n) is 12.3. The molecule has 0 N–H and O–H groups in total. The molecule has 3 heterocycles. The molecule has 1 aliphatic carbocycles. The van der Waals surface area contributed by atoms with Gasteiger partial charge in [0.05, 0.1) is 22.7 Å². The van der Waals surface area contributed by atoms with Gasteiger partial charge >= 0.3 is 0 Å². The molecule has 36 heavy (non-hydrogen) atoms. The molecule has 1 aliphatic heterocycles. The highest BCUT2D eigenvalue weighted by Gasteiger charge is 2.35. The summed E-state index contributed by atoms with van der Waals surface area (Å²) in [5.41, 5.74) is 1.38. The van der Waals surface area contributed by atoms with E-state index in [2.05, 4.69) is 20.4 Å². The Balaban J connectivity index is 1.40. The van der Waals surface area contributed by atoms with E-state index in [-0.39, 0.29) is 17.3 Å². The van der Waals surface area contributed by atoms with Crippen molar-refractivity contribution in [2.75, 3.05) is 31.1 Å². The van der Waals surface area contributed by atoms with Crippen LogP contribution >= 0.6 is 11.6 Å². The number of piperazine rings is 1. The van der Waals surface area contributed by atoms with Gasteiger partial charge in [-0.3, -0.25) is 9.69 Å². The van der Waals surface area contributed by atoms with E-state index in [0.29, 0.717) is 59.2 Å². The maximum absolute atomic E-state index is 14.4. The topological polar surface area (TPSA) is 80.3 Å². The van der Waals surface area contributed by atoms with Gasteiger partial charge in [0, 0.05) is 31.2 Å². The second-order valence-electron chi connectivity index (χ2n) is 9.46. The Morgan fingerprint density at radius 2 is 1.83 bits per heavy atom. The average molecular weight is 509 g/mol. The predicted octanol–water partition coefficient (Wildman–Crippen LogP) is 4.60.